The van der Waals surface area contributed by atoms with E-state index in [4.69, 9.17) is 0 Å². The van der Waals surface area contributed by atoms with Gasteiger partial charge in [0.05, 0.1) is 76.1 Å². The number of anilines is 6. The van der Waals surface area contributed by atoms with Crippen LogP contribution in [-0.4, -0.2) is 15.8 Å². The smallest absolute Gasteiger partial charge is 0.252 e. The molecule has 5 heteroatoms. The van der Waals surface area contributed by atoms with Crippen LogP contribution in [0.15, 0.2) is 266 Å². The third-order valence-electron chi connectivity index (χ3n) is 26.4. The molecule has 0 aliphatic carbocycles. The Kier molecular flexibility index (Phi) is 15.2. The first kappa shape index (κ1) is 64.3. The molecule has 0 N–H and O–H groups in total. The average Bonchev–Trinajstić information content (AvgIpc) is 1.01. The van der Waals surface area contributed by atoms with Gasteiger partial charge in [0.2, 0.25) is 0 Å². The van der Waals surface area contributed by atoms with Crippen molar-refractivity contribution in [3.8, 4) is 67.0 Å². The summed E-state index contributed by atoms with van der Waals surface area (Å²) in [5, 5.41) is 0.937. The molecule has 0 fully saturated rings. The Morgan fingerprint density at radius 1 is 0.218 bits per heavy atom. The molecule has 0 bridgehead atoms. The molecule has 18 rings (SSSR count). The van der Waals surface area contributed by atoms with E-state index in [1.54, 1.807) is 126 Å². The van der Waals surface area contributed by atoms with Crippen molar-refractivity contribution >= 4 is 101 Å². The molecule has 0 radical (unpaired) electrons. The lowest BCUT2D eigenvalue weighted by Gasteiger charge is -2.46. The highest BCUT2D eigenvalue weighted by atomic mass is 15.2. The van der Waals surface area contributed by atoms with Gasteiger partial charge in [-0.15, -0.1) is 0 Å². The zero-order chi connectivity index (χ0) is 119. The summed E-state index contributed by atoms with van der Waals surface area (Å²) in [4.78, 5) is 3.37. The summed E-state index contributed by atoms with van der Waals surface area (Å²) in [6.07, 6.45) is 0. The van der Waals surface area contributed by atoms with Gasteiger partial charge in [0, 0.05) is 72.2 Å². The highest BCUT2D eigenvalue weighted by Crippen LogP contribution is 2.58. The van der Waals surface area contributed by atoms with E-state index >= 15 is 0 Å². The van der Waals surface area contributed by atoms with Crippen molar-refractivity contribution in [3.05, 3.63) is 327 Å². The van der Waals surface area contributed by atoms with E-state index in [0.717, 1.165) is 33.0 Å². The topological polar surface area (TPSA) is 16.3 Å². The maximum Gasteiger partial charge on any atom is 0.252 e. The van der Waals surface area contributed by atoms with Gasteiger partial charge < -0.3 is 18.9 Å². The van der Waals surface area contributed by atoms with Crippen LogP contribution < -0.4 is 26.2 Å². The number of benzene rings is 14. The predicted molar refractivity (Wildman–Crippen MR) is 582 cm³/mol. The van der Waals surface area contributed by atoms with Crippen LogP contribution in [0.25, 0.3) is 111 Å². The number of rotatable bonds is 9. The van der Waals surface area contributed by atoms with Crippen molar-refractivity contribution in [1.29, 1.82) is 0 Å². The van der Waals surface area contributed by atoms with E-state index < -0.39 is 284 Å². The summed E-state index contributed by atoms with van der Waals surface area (Å²) in [5.74, 6) is 0. The second-order valence-electron chi connectivity index (χ2n) is 48.3. The molecular formula is C128H143BN4. The summed E-state index contributed by atoms with van der Waals surface area (Å²) in [5.41, 5.74) is -8.14. The van der Waals surface area contributed by atoms with E-state index in [2.05, 4.69) is 142 Å². The van der Waals surface area contributed by atoms with Crippen molar-refractivity contribution in [2.45, 2.75) is 288 Å². The van der Waals surface area contributed by atoms with Gasteiger partial charge in [0.1, 0.15) is 0 Å². The third kappa shape index (κ3) is 16.5. The van der Waals surface area contributed by atoms with Crippen LogP contribution in [0, 0.1) is 0 Å². The highest BCUT2D eigenvalue weighted by Gasteiger charge is 2.48. The van der Waals surface area contributed by atoms with E-state index in [1.165, 1.54) is 4.57 Å². The fourth-order valence-corrected chi connectivity index (χ4v) is 18.4. The van der Waals surface area contributed by atoms with Gasteiger partial charge in [-0.05, 0) is 261 Å². The zero-order valence-corrected chi connectivity index (χ0v) is 84.2. The minimum atomic E-state index is -1.41. The number of aromatic nitrogens is 2. The maximum absolute atomic E-state index is 12.0. The fraction of sp³-hybridized carbons (Fsp3) is 0.344. The first-order valence-electron chi connectivity index (χ1n) is 60.4. The molecular weight excluding hydrogens is 1600 g/mol. The molecule has 16 aromatic rings. The molecule has 2 aliphatic heterocycles. The van der Waals surface area contributed by atoms with Crippen LogP contribution in [-0.2, 0) is 59.6 Å². The predicted octanol–water partition coefficient (Wildman–Crippen LogP) is 34.6. The van der Waals surface area contributed by atoms with Crippen molar-refractivity contribution < 1.29 is 37.0 Å². The van der Waals surface area contributed by atoms with Crippen LogP contribution in [0.4, 0.5) is 34.1 Å². The summed E-state index contributed by atoms with van der Waals surface area (Å²) in [6.45, 7) is 61.4. The fourth-order valence-electron chi connectivity index (χ4n) is 18.4. The Balaban J connectivity index is 1.25. The quantitative estimate of drug-likeness (QED) is 0.134. The van der Waals surface area contributed by atoms with E-state index in [0.29, 0.717) is 38.8 Å². The standard InChI is InChI=1S/C128H143BN4/c1-118(2,3)83-49-42-78(43-50-83)98-70-91(126(25,26)27)71-99(79-44-51-84(52-45-79)119(4,5)6)116(98)132-111-66-81(82-64-89(124(19,20)21)67-90(65-82)125(22,23)24)48-60-105(111)129-106-61-58-93(130-109-62-56-86(121(10,11)12)68-101(109)102-69-87(122(13,14)15)57-63-110(102)130)75-112(106)133(114-77-94(76-113(132)115(114)129)131-107-40-36-34-38-96(107)97-39-35-37-41-108(97)131)117-100(80-46-53-85(54-47-80)120(7,8)9)72-92(127(28,29)30)73-103(117)95-59-55-88(123(16,17)18)74-104(95)128(31,32)33/h34-77H,1-33H3/i34D,35D,36D,37D,38D,39D,40D,41D,42D,43D,44D,45D,46D,47D,49D,50D,51D,52D,53D,54D,55D,59D,70D,71D,72D,73D,74D. The molecule has 0 saturated carbocycles. The lowest BCUT2D eigenvalue weighted by atomic mass is 9.33. The van der Waals surface area contributed by atoms with Crippen LogP contribution >= 0.6 is 0 Å². The van der Waals surface area contributed by atoms with E-state index in [-0.39, 0.29) is 95.7 Å². The van der Waals surface area contributed by atoms with Crippen LogP contribution in [0.1, 0.15) is 327 Å². The van der Waals surface area contributed by atoms with Crippen molar-refractivity contribution in [1.82, 2.24) is 9.13 Å². The molecule has 4 heterocycles. The first-order valence-corrected chi connectivity index (χ1v) is 46.9. The molecule has 0 unspecified atom stereocenters. The van der Waals surface area contributed by atoms with Gasteiger partial charge in [-0.25, -0.2) is 0 Å². The molecule has 0 saturated heterocycles. The second-order valence-corrected chi connectivity index (χ2v) is 48.3. The number of hydrogen-bond acceptors (Lipinski definition) is 2. The van der Waals surface area contributed by atoms with Gasteiger partial charge in [0.25, 0.3) is 6.71 Å². The lowest BCUT2D eigenvalue weighted by molar-refractivity contribution is 0.568. The molecule has 4 nitrogen and oxygen atoms in total. The molecule has 0 atom stereocenters. The van der Waals surface area contributed by atoms with Crippen molar-refractivity contribution in [2.75, 3.05) is 9.80 Å². The van der Waals surface area contributed by atoms with Crippen LogP contribution in [0.2, 0.25) is 0 Å². The summed E-state index contributed by atoms with van der Waals surface area (Å²) < 4.78 is 295. The summed E-state index contributed by atoms with van der Waals surface area (Å²) in [6, 6.07) is 17.1. The normalized spacial score (nSPS) is 16.7. The Bertz CT molecular complexity index is 8740. The van der Waals surface area contributed by atoms with E-state index in [1.807, 2.05) is 77.9 Å². The van der Waals surface area contributed by atoms with Crippen molar-refractivity contribution in [2.24, 2.45) is 0 Å². The monoisotopic (exact) mass is 1770 g/mol. The highest BCUT2D eigenvalue weighted by molar-refractivity contribution is 7.00. The largest absolute Gasteiger partial charge is 0.310 e. The molecule has 2 aromatic heterocycles. The van der Waals surface area contributed by atoms with Gasteiger partial charge in [-0.3, -0.25) is 0 Å². The van der Waals surface area contributed by atoms with Crippen LogP contribution in [0.3, 0.4) is 0 Å². The minimum Gasteiger partial charge on any atom is -0.310 e. The number of fused-ring (bicyclic) bond motifs is 10. The minimum absolute atomic E-state index is 0.0163. The molecule has 14 aromatic carbocycles. The SMILES string of the molecule is [2H]c1c([2H])c(C(C)(C)C)c([2H])c([2H])c1-c1c([2H])c(C(C)(C)C)c([2H])c(-c2c([2H])c([2H])c(C(C)(C)C)c([2H])c2[2H])c1N1c2cc(-c3cc(C(C)(C)C)cc(C(C)(C)C)c3)ccc2B2c3ccc(-n4c5ccc(C(C)(C)C)cc5c5cc(C(C)(C)C)ccc54)cc3N(c3c(-c4c([2H])c([2H])c(C(C)(C)C)c([2H])c4[2H])c([2H])c(C(C)(C)C)c([2H])c3-c3c([2H])c([2H])c(C(C)(C)C)c([2H])c3C(C)(C)C)c3cc(-n4c5c([2H])c([2H])c([2H])c([2H])c5c5c([2H])c([2H])c([2H])c([2H])c54)cc1c32. The Hall–Kier alpha value is -11.7. The van der Waals surface area contributed by atoms with Crippen molar-refractivity contribution in [3.63, 3.8) is 0 Å². The van der Waals surface area contributed by atoms with E-state index in [9.17, 15) is 37.0 Å². The first-order chi connectivity index (χ1) is 73.2. The zero-order valence-electron chi connectivity index (χ0n) is 111. The van der Waals surface area contributed by atoms with Gasteiger partial charge >= 0.3 is 0 Å². The summed E-state index contributed by atoms with van der Waals surface area (Å²) in [7, 11) is 0. The Morgan fingerprint density at radius 3 is 0.955 bits per heavy atom. The second kappa shape index (κ2) is 31.5. The number of para-hydroxylation sites is 2. The molecule has 0 spiro atoms. The molecule has 133 heavy (non-hydrogen) atoms. The molecule has 678 valence electrons. The van der Waals surface area contributed by atoms with Gasteiger partial charge in [0.15, 0.2) is 0 Å². The van der Waals surface area contributed by atoms with Gasteiger partial charge in [-0.2, -0.15) is 0 Å². The third-order valence-corrected chi connectivity index (χ3v) is 26.4. The Labute approximate surface area is 835 Å². The molecule has 2 aliphatic rings. The lowest BCUT2D eigenvalue weighted by Crippen LogP contribution is -2.61. The number of nitrogens with zero attached hydrogens (tertiary/aromatic N) is 4. The van der Waals surface area contributed by atoms with Gasteiger partial charge in [-0.1, -0.05) is 404 Å². The number of hydrogen-bond donors (Lipinski definition) is 0. The molecule has 0 amide bonds. The summed E-state index contributed by atoms with van der Waals surface area (Å²) >= 11 is 0. The average molecular weight is 1780 g/mol. The van der Waals surface area contributed by atoms with Crippen LogP contribution in [0.5, 0.6) is 0 Å². The Morgan fingerprint density at radius 2 is 0.564 bits per heavy atom. The maximum atomic E-state index is 12.0.